The van der Waals surface area contributed by atoms with Crippen molar-refractivity contribution in [1.29, 1.82) is 0 Å². The molecule has 0 radical (unpaired) electrons. The molecule has 22 heavy (non-hydrogen) atoms. The van der Waals surface area contributed by atoms with Crippen molar-refractivity contribution < 1.29 is 27.5 Å². The number of rotatable bonds is 5. The molecule has 3 amide bonds. The Labute approximate surface area is 125 Å². The Hall–Kier alpha value is -2.29. The van der Waals surface area contributed by atoms with Gasteiger partial charge in [-0.3, -0.25) is 15.0 Å². The lowest BCUT2D eigenvalue weighted by Crippen LogP contribution is -2.42. The number of carbonyl (C=O) groups excluding carboxylic acids is 2. The van der Waals surface area contributed by atoms with Crippen molar-refractivity contribution in [3.8, 4) is 5.75 Å². The van der Waals surface area contributed by atoms with Gasteiger partial charge in [0.25, 0.3) is 0 Å². The zero-order chi connectivity index (χ0) is 16.8. The van der Waals surface area contributed by atoms with Crippen molar-refractivity contribution in [3.63, 3.8) is 0 Å². The number of nitrogens with one attached hydrogen (secondary N) is 2. The van der Waals surface area contributed by atoms with Crippen molar-refractivity contribution in [2.45, 2.75) is 12.9 Å². The number of imide groups is 1. The molecule has 0 saturated heterocycles. The van der Waals surface area contributed by atoms with Crippen LogP contribution in [0.1, 0.15) is 5.56 Å². The lowest BCUT2D eigenvalue weighted by Gasteiger charge is -2.16. The van der Waals surface area contributed by atoms with Crippen LogP contribution >= 0.6 is 0 Å². The molecule has 6 nitrogen and oxygen atoms in total. The van der Waals surface area contributed by atoms with Crippen LogP contribution in [0.3, 0.4) is 0 Å². The standard InChI is InChI=1S/C13H16F3N3O3/c1-17-12(21)18-11(20)8-19(2)7-9-3-5-10(6-4-9)22-13(14,15)16/h3-6H,7-8H2,1-2H3,(H2,17,18,20,21). The van der Waals surface area contributed by atoms with Gasteiger partial charge in [0.1, 0.15) is 5.75 Å². The van der Waals surface area contributed by atoms with Crippen LogP contribution in [-0.4, -0.2) is 43.8 Å². The van der Waals surface area contributed by atoms with Gasteiger partial charge >= 0.3 is 12.4 Å². The lowest BCUT2D eigenvalue weighted by molar-refractivity contribution is -0.274. The first-order valence-electron chi connectivity index (χ1n) is 6.24. The van der Waals surface area contributed by atoms with Gasteiger partial charge in [-0.1, -0.05) is 12.1 Å². The van der Waals surface area contributed by atoms with Gasteiger partial charge in [0.05, 0.1) is 6.54 Å². The SMILES string of the molecule is CNC(=O)NC(=O)CN(C)Cc1ccc(OC(F)(F)F)cc1. The molecule has 0 spiro atoms. The van der Waals surface area contributed by atoms with Crippen LogP contribution in [0.25, 0.3) is 0 Å². The predicted molar refractivity (Wildman–Crippen MR) is 72.1 cm³/mol. The first-order valence-corrected chi connectivity index (χ1v) is 6.24. The average Bonchev–Trinajstić information content (AvgIpc) is 2.38. The number of hydrogen-bond acceptors (Lipinski definition) is 4. The number of benzene rings is 1. The zero-order valence-electron chi connectivity index (χ0n) is 12.0. The minimum Gasteiger partial charge on any atom is -0.406 e. The number of halogens is 3. The van der Waals surface area contributed by atoms with Gasteiger partial charge in [-0.25, -0.2) is 4.79 Å². The van der Waals surface area contributed by atoms with Crippen molar-refractivity contribution in [1.82, 2.24) is 15.5 Å². The molecular weight excluding hydrogens is 303 g/mol. The molecule has 0 aliphatic carbocycles. The van der Waals surface area contributed by atoms with Crippen LogP contribution < -0.4 is 15.4 Å². The van der Waals surface area contributed by atoms with Crippen LogP contribution in [0, 0.1) is 0 Å². The number of urea groups is 1. The average molecular weight is 319 g/mol. The zero-order valence-corrected chi connectivity index (χ0v) is 12.0. The Morgan fingerprint density at radius 1 is 1.23 bits per heavy atom. The van der Waals surface area contributed by atoms with Crippen LogP contribution in [0.5, 0.6) is 5.75 Å². The quantitative estimate of drug-likeness (QED) is 0.862. The first-order chi connectivity index (χ1) is 10.2. The molecule has 0 saturated carbocycles. The van der Waals surface area contributed by atoms with E-state index in [0.29, 0.717) is 12.1 Å². The summed E-state index contributed by atoms with van der Waals surface area (Å²) >= 11 is 0. The summed E-state index contributed by atoms with van der Waals surface area (Å²) in [4.78, 5) is 24.0. The molecule has 1 rings (SSSR count). The third-order valence-electron chi connectivity index (χ3n) is 2.50. The van der Waals surface area contributed by atoms with Gasteiger partial charge in [-0.15, -0.1) is 13.2 Å². The number of amides is 3. The summed E-state index contributed by atoms with van der Waals surface area (Å²) < 4.78 is 39.8. The maximum absolute atomic E-state index is 12.0. The van der Waals surface area contributed by atoms with Crippen molar-refractivity contribution in [3.05, 3.63) is 29.8 Å². The Kier molecular flexibility index (Phi) is 6.17. The van der Waals surface area contributed by atoms with E-state index in [1.165, 1.54) is 31.3 Å². The van der Waals surface area contributed by atoms with Crippen LogP contribution in [-0.2, 0) is 11.3 Å². The lowest BCUT2D eigenvalue weighted by atomic mass is 10.2. The highest BCUT2D eigenvalue weighted by atomic mass is 19.4. The van der Waals surface area contributed by atoms with E-state index >= 15 is 0 Å². The fourth-order valence-electron chi connectivity index (χ4n) is 1.64. The topological polar surface area (TPSA) is 70.7 Å². The van der Waals surface area contributed by atoms with E-state index in [0.717, 1.165) is 0 Å². The molecule has 0 unspecified atom stereocenters. The summed E-state index contributed by atoms with van der Waals surface area (Å²) in [6, 6.07) is 4.72. The molecule has 0 fully saturated rings. The second-order valence-electron chi connectivity index (χ2n) is 4.49. The fourth-order valence-corrected chi connectivity index (χ4v) is 1.64. The molecular formula is C13H16F3N3O3. The van der Waals surface area contributed by atoms with Gasteiger partial charge in [0.15, 0.2) is 0 Å². The van der Waals surface area contributed by atoms with Gasteiger partial charge in [-0.2, -0.15) is 0 Å². The predicted octanol–water partition coefficient (Wildman–Crippen LogP) is 1.47. The summed E-state index contributed by atoms with van der Waals surface area (Å²) in [5.74, 6) is -0.796. The van der Waals surface area contributed by atoms with Crippen LogP contribution in [0.4, 0.5) is 18.0 Å². The number of alkyl halides is 3. The molecule has 0 aliphatic heterocycles. The molecule has 9 heteroatoms. The van der Waals surface area contributed by atoms with E-state index in [-0.39, 0.29) is 12.3 Å². The molecule has 0 aromatic heterocycles. The van der Waals surface area contributed by atoms with E-state index in [4.69, 9.17) is 0 Å². The molecule has 0 aliphatic rings. The number of likely N-dealkylation sites (N-methyl/N-ethyl adjacent to an activating group) is 1. The van der Waals surface area contributed by atoms with Gasteiger partial charge in [0.2, 0.25) is 5.91 Å². The summed E-state index contributed by atoms with van der Waals surface area (Å²) in [5.41, 5.74) is 0.699. The van der Waals surface area contributed by atoms with Crippen molar-refractivity contribution in [2.75, 3.05) is 20.6 Å². The minimum atomic E-state index is -4.73. The van der Waals surface area contributed by atoms with E-state index in [1.54, 1.807) is 11.9 Å². The largest absolute Gasteiger partial charge is 0.573 e. The fraction of sp³-hybridized carbons (Fsp3) is 0.385. The highest BCUT2D eigenvalue weighted by Crippen LogP contribution is 2.22. The summed E-state index contributed by atoms with van der Waals surface area (Å²) in [6.07, 6.45) is -4.73. The minimum absolute atomic E-state index is 0.0335. The second kappa shape index (κ2) is 7.64. The van der Waals surface area contributed by atoms with Crippen LogP contribution in [0.2, 0.25) is 0 Å². The Balaban J connectivity index is 2.49. The number of hydrogen-bond donors (Lipinski definition) is 2. The molecule has 1 aromatic rings. The van der Waals surface area contributed by atoms with Crippen molar-refractivity contribution >= 4 is 11.9 Å². The smallest absolute Gasteiger partial charge is 0.406 e. The van der Waals surface area contributed by atoms with E-state index in [2.05, 4.69) is 15.4 Å². The summed E-state index contributed by atoms with van der Waals surface area (Å²) in [7, 11) is 3.03. The molecule has 0 heterocycles. The molecule has 2 N–H and O–H groups in total. The van der Waals surface area contributed by atoms with Crippen LogP contribution in [0.15, 0.2) is 24.3 Å². The van der Waals surface area contributed by atoms with E-state index in [1.807, 2.05) is 0 Å². The van der Waals surface area contributed by atoms with E-state index < -0.39 is 18.3 Å². The highest BCUT2D eigenvalue weighted by Gasteiger charge is 2.30. The summed E-state index contributed by atoms with van der Waals surface area (Å²) in [6.45, 7) is 0.293. The highest BCUT2D eigenvalue weighted by molar-refractivity contribution is 5.95. The maximum Gasteiger partial charge on any atom is 0.573 e. The Morgan fingerprint density at radius 2 is 1.82 bits per heavy atom. The van der Waals surface area contributed by atoms with Gasteiger partial charge in [0, 0.05) is 13.6 Å². The molecule has 0 bridgehead atoms. The Morgan fingerprint density at radius 3 is 2.32 bits per heavy atom. The third-order valence-corrected chi connectivity index (χ3v) is 2.50. The number of carbonyl (C=O) groups is 2. The first kappa shape index (κ1) is 17.8. The normalized spacial score (nSPS) is 11.2. The maximum atomic E-state index is 12.0. The molecule has 0 atom stereocenters. The van der Waals surface area contributed by atoms with Gasteiger partial charge < -0.3 is 10.1 Å². The van der Waals surface area contributed by atoms with Gasteiger partial charge in [-0.05, 0) is 24.7 Å². The number of ether oxygens (including phenoxy) is 1. The Bertz CT molecular complexity index is 518. The van der Waals surface area contributed by atoms with E-state index in [9.17, 15) is 22.8 Å². The molecule has 122 valence electrons. The van der Waals surface area contributed by atoms with Crippen molar-refractivity contribution in [2.24, 2.45) is 0 Å². The third kappa shape index (κ3) is 6.93. The monoisotopic (exact) mass is 319 g/mol. The second-order valence-corrected chi connectivity index (χ2v) is 4.49. The molecule has 1 aromatic carbocycles. The summed E-state index contributed by atoms with van der Waals surface area (Å²) in [5, 5.41) is 4.35. The number of nitrogens with zero attached hydrogens (tertiary/aromatic N) is 1.